The molecular formula is C18H17ClN6O4. The molecular weight excluding hydrogens is 400 g/mol. The Morgan fingerprint density at radius 2 is 2.07 bits per heavy atom. The molecule has 2 aromatic heterocycles. The lowest BCUT2D eigenvalue weighted by molar-refractivity contribution is -0.384. The van der Waals surface area contributed by atoms with Gasteiger partial charge >= 0.3 is 0 Å². The van der Waals surface area contributed by atoms with E-state index >= 15 is 0 Å². The molecule has 3 heterocycles. The number of halogens is 1. The van der Waals surface area contributed by atoms with Crippen LogP contribution < -0.4 is 10.5 Å². The van der Waals surface area contributed by atoms with Crippen LogP contribution in [0.4, 0.5) is 11.4 Å². The maximum absolute atomic E-state index is 12.8. The van der Waals surface area contributed by atoms with Crippen molar-refractivity contribution in [1.29, 1.82) is 0 Å². The molecule has 1 atom stereocenters. The van der Waals surface area contributed by atoms with E-state index in [4.69, 9.17) is 16.3 Å². The molecule has 1 aliphatic rings. The number of hydrogen-bond donors (Lipinski definition) is 0. The van der Waals surface area contributed by atoms with E-state index in [0.29, 0.717) is 37.6 Å². The lowest BCUT2D eigenvalue weighted by atomic mass is 10.2. The van der Waals surface area contributed by atoms with Gasteiger partial charge in [-0.05, 0) is 18.2 Å². The fourth-order valence-corrected chi connectivity index (χ4v) is 3.46. The highest BCUT2D eigenvalue weighted by Crippen LogP contribution is 2.24. The van der Waals surface area contributed by atoms with Crippen molar-refractivity contribution in [2.24, 2.45) is 0 Å². The average molecular weight is 417 g/mol. The van der Waals surface area contributed by atoms with E-state index in [1.165, 1.54) is 30.5 Å². The second-order valence-electron chi connectivity index (χ2n) is 6.50. The Balaban J connectivity index is 1.56. The minimum Gasteiger partial charge on any atom is -0.373 e. The van der Waals surface area contributed by atoms with E-state index in [2.05, 4.69) is 10.2 Å². The van der Waals surface area contributed by atoms with Crippen molar-refractivity contribution in [3.8, 4) is 5.69 Å². The summed E-state index contributed by atoms with van der Waals surface area (Å²) in [6.45, 7) is 2.21. The van der Waals surface area contributed by atoms with Crippen molar-refractivity contribution in [1.82, 2.24) is 19.6 Å². The van der Waals surface area contributed by atoms with Gasteiger partial charge in [-0.3, -0.25) is 19.6 Å². The van der Waals surface area contributed by atoms with Crippen molar-refractivity contribution in [2.75, 3.05) is 24.6 Å². The Bertz CT molecular complexity index is 1070. The second-order valence-corrected chi connectivity index (χ2v) is 6.88. The van der Waals surface area contributed by atoms with Crippen LogP contribution in [0.5, 0.6) is 0 Å². The van der Waals surface area contributed by atoms with Gasteiger partial charge in [-0.1, -0.05) is 11.6 Å². The van der Waals surface area contributed by atoms with Crippen LogP contribution in [0.25, 0.3) is 5.69 Å². The molecule has 0 bridgehead atoms. The highest BCUT2D eigenvalue weighted by atomic mass is 35.5. The number of hydrogen-bond acceptors (Lipinski definition) is 7. The van der Waals surface area contributed by atoms with Gasteiger partial charge in [0.1, 0.15) is 5.02 Å². The number of ether oxygens (including phenoxy) is 1. The molecule has 0 saturated carbocycles. The van der Waals surface area contributed by atoms with Crippen molar-refractivity contribution < 1.29 is 9.66 Å². The first kappa shape index (κ1) is 19.1. The van der Waals surface area contributed by atoms with Crippen molar-refractivity contribution >= 4 is 23.0 Å². The van der Waals surface area contributed by atoms with Crippen molar-refractivity contribution in [3.05, 3.63) is 74.4 Å². The number of aromatic nitrogens is 4. The van der Waals surface area contributed by atoms with E-state index in [0.717, 1.165) is 4.68 Å². The molecule has 4 rings (SSSR count). The monoisotopic (exact) mass is 416 g/mol. The summed E-state index contributed by atoms with van der Waals surface area (Å²) in [5.74, 6) is 0. The maximum Gasteiger partial charge on any atom is 0.292 e. The van der Waals surface area contributed by atoms with Gasteiger partial charge in [0, 0.05) is 37.6 Å². The number of morpholine rings is 1. The van der Waals surface area contributed by atoms with Gasteiger partial charge in [-0.2, -0.15) is 14.9 Å². The van der Waals surface area contributed by atoms with Crippen molar-refractivity contribution in [2.45, 2.75) is 12.6 Å². The Morgan fingerprint density at radius 1 is 1.28 bits per heavy atom. The summed E-state index contributed by atoms with van der Waals surface area (Å²) in [6.07, 6.45) is 5.00. The SMILES string of the molecule is O=c1c(Cl)c(N2CCOC(Cn3cccn3)C2)cnn1-c1ccc([N+](=O)[O-])cc1. The molecule has 0 N–H and O–H groups in total. The number of nitrogens with zero attached hydrogens (tertiary/aromatic N) is 6. The highest BCUT2D eigenvalue weighted by Gasteiger charge is 2.24. The molecule has 0 aliphatic carbocycles. The largest absolute Gasteiger partial charge is 0.373 e. The van der Waals surface area contributed by atoms with Gasteiger partial charge in [-0.25, -0.2) is 0 Å². The van der Waals surface area contributed by atoms with Gasteiger partial charge in [0.15, 0.2) is 0 Å². The molecule has 11 heteroatoms. The summed E-state index contributed by atoms with van der Waals surface area (Å²) in [5.41, 5.74) is 0.366. The van der Waals surface area contributed by atoms with E-state index in [1.807, 2.05) is 17.2 Å². The minimum absolute atomic E-state index is 0.0399. The summed E-state index contributed by atoms with van der Waals surface area (Å²) in [6, 6.07) is 7.38. The van der Waals surface area contributed by atoms with Crippen LogP contribution in [0.2, 0.25) is 5.02 Å². The third-order valence-electron chi connectivity index (χ3n) is 4.63. The third kappa shape index (κ3) is 3.98. The van der Waals surface area contributed by atoms with E-state index < -0.39 is 10.5 Å². The predicted octanol–water partition coefficient (Wildman–Crippen LogP) is 1.90. The number of rotatable bonds is 5. The quantitative estimate of drug-likeness (QED) is 0.461. The molecule has 0 amide bonds. The van der Waals surface area contributed by atoms with E-state index in [9.17, 15) is 14.9 Å². The zero-order valence-electron chi connectivity index (χ0n) is 15.2. The molecule has 1 fully saturated rings. The Morgan fingerprint density at radius 3 is 2.76 bits per heavy atom. The zero-order chi connectivity index (χ0) is 20.4. The molecule has 1 aromatic carbocycles. The van der Waals surface area contributed by atoms with Gasteiger partial charge in [0.05, 0.1) is 41.8 Å². The number of nitro groups is 1. The number of nitro benzene ring substituents is 1. The van der Waals surface area contributed by atoms with Crippen LogP contribution in [0, 0.1) is 10.1 Å². The normalized spacial score (nSPS) is 16.7. The van der Waals surface area contributed by atoms with Gasteiger partial charge in [0.25, 0.3) is 11.2 Å². The molecule has 1 unspecified atom stereocenters. The molecule has 0 spiro atoms. The first-order valence-corrected chi connectivity index (χ1v) is 9.27. The molecule has 1 aliphatic heterocycles. The molecule has 10 nitrogen and oxygen atoms in total. The standard InChI is InChI=1S/C18H17ClN6O4/c19-17-16(22-8-9-29-15(11-22)12-23-7-1-6-20-23)10-21-24(18(17)26)13-2-4-14(5-3-13)25(27)28/h1-7,10,15H,8-9,11-12H2. The van der Waals surface area contributed by atoms with Crippen LogP contribution in [0.1, 0.15) is 0 Å². The first-order chi connectivity index (χ1) is 14.0. The summed E-state index contributed by atoms with van der Waals surface area (Å²) >= 11 is 6.37. The van der Waals surface area contributed by atoms with Gasteiger partial charge in [0.2, 0.25) is 0 Å². The van der Waals surface area contributed by atoms with Gasteiger partial charge in [-0.15, -0.1) is 0 Å². The second kappa shape index (κ2) is 8.02. The fraction of sp³-hybridized carbons (Fsp3) is 0.278. The third-order valence-corrected chi connectivity index (χ3v) is 4.99. The van der Waals surface area contributed by atoms with E-state index in [-0.39, 0.29) is 16.8 Å². The number of anilines is 1. The minimum atomic E-state index is -0.506. The Hall–Kier alpha value is -3.24. The zero-order valence-corrected chi connectivity index (χ0v) is 16.0. The Labute approximate surface area is 170 Å². The summed E-state index contributed by atoms with van der Waals surface area (Å²) < 4.78 is 8.71. The fourth-order valence-electron chi connectivity index (χ4n) is 3.21. The average Bonchev–Trinajstić information content (AvgIpc) is 3.23. The van der Waals surface area contributed by atoms with Crippen LogP contribution in [-0.4, -0.2) is 50.3 Å². The van der Waals surface area contributed by atoms with Crippen LogP contribution >= 0.6 is 11.6 Å². The smallest absolute Gasteiger partial charge is 0.292 e. The molecule has 150 valence electrons. The molecule has 3 aromatic rings. The topological polar surface area (TPSA) is 108 Å². The van der Waals surface area contributed by atoms with Crippen molar-refractivity contribution in [3.63, 3.8) is 0 Å². The highest BCUT2D eigenvalue weighted by molar-refractivity contribution is 6.33. The lowest BCUT2D eigenvalue weighted by Crippen LogP contribution is -2.45. The number of non-ortho nitro benzene ring substituents is 1. The summed E-state index contributed by atoms with van der Waals surface area (Å²) in [5, 5.41) is 19.2. The molecule has 0 radical (unpaired) electrons. The van der Waals surface area contributed by atoms with Crippen LogP contribution in [0.15, 0.2) is 53.7 Å². The molecule has 1 saturated heterocycles. The molecule has 29 heavy (non-hydrogen) atoms. The lowest BCUT2D eigenvalue weighted by Gasteiger charge is -2.34. The Kier molecular flexibility index (Phi) is 5.28. The van der Waals surface area contributed by atoms with Crippen LogP contribution in [0.3, 0.4) is 0 Å². The summed E-state index contributed by atoms with van der Waals surface area (Å²) in [4.78, 5) is 25.0. The van der Waals surface area contributed by atoms with Gasteiger partial charge < -0.3 is 9.64 Å². The van der Waals surface area contributed by atoms with Crippen LogP contribution in [-0.2, 0) is 11.3 Å². The maximum atomic E-state index is 12.8. The van der Waals surface area contributed by atoms with E-state index in [1.54, 1.807) is 10.9 Å². The predicted molar refractivity (Wildman–Crippen MR) is 106 cm³/mol. The summed E-state index contributed by atoms with van der Waals surface area (Å²) in [7, 11) is 0. The first-order valence-electron chi connectivity index (χ1n) is 8.89. The number of benzene rings is 1.